The van der Waals surface area contributed by atoms with Gasteiger partial charge in [-0.25, -0.2) is 4.79 Å². The van der Waals surface area contributed by atoms with Crippen molar-refractivity contribution in [3.05, 3.63) is 76.3 Å². The quantitative estimate of drug-likeness (QED) is 0.742. The molecule has 0 amide bonds. The average molecular weight is 320 g/mol. The number of benzene rings is 2. The minimum absolute atomic E-state index is 0.306. The molecule has 4 nitrogen and oxygen atoms in total. The summed E-state index contributed by atoms with van der Waals surface area (Å²) in [7, 11) is 1.74. The Hall–Kier alpha value is -2.59. The standard InChI is InChI=1S/C20H20N2O2/c1-21-18-9-5-8-17(19(18)24-20(21)23)16-10-12-22(13-11-16)14-15-6-3-2-4-7-15/h2-10H,11-14H2,1H3. The van der Waals surface area contributed by atoms with Crippen molar-refractivity contribution in [2.45, 2.75) is 13.0 Å². The summed E-state index contributed by atoms with van der Waals surface area (Å²) in [5.41, 5.74) is 5.20. The monoisotopic (exact) mass is 320 g/mol. The van der Waals surface area contributed by atoms with Crippen LogP contribution in [0.15, 0.2) is 63.8 Å². The number of rotatable bonds is 3. The van der Waals surface area contributed by atoms with Crippen molar-refractivity contribution < 1.29 is 4.42 Å². The molecular formula is C20H20N2O2. The molecule has 24 heavy (non-hydrogen) atoms. The van der Waals surface area contributed by atoms with Gasteiger partial charge in [0.25, 0.3) is 0 Å². The fourth-order valence-electron chi connectivity index (χ4n) is 3.34. The Balaban J connectivity index is 1.59. The lowest BCUT2D eigenvalue weighted by molar-refractivity contribution is 0.294. The number of aryl methyl sites for hydroxylation is 1. The summed E-state index contributed by atoms with van der Waals surface area (Å²) in [5.74, 6) is -0.306. The van der Waals surface area contributed by atoms with Crippen LogP contribution in [0.1, 0.15) is 17.5 Å². The molecule has 0 saturated carbocycles. The zero-order valence-corrected chi connectivity index (χ0v) is 13.7. The molecule has 1 aromatic heterocycles. The molecule has 0 radical (unpaired) electrons. The van der Waals surface area contributed by atoms with Gasteiger partial charge in [-0.05, 0) is 23.6 Å². The summed E-state index contributed by atoms with van der Waals surface area (Å²) in [6.45, 7) is 2.89. The van der Waals surface area contributed by atoms with Crippen molar-refractivity contribution in [3.63, 3.8) is 0 Å². The fourth-order valence-corrected chi connectivity index (χ4v) is 3.34. The van der Waals surface area contributed by atoms with Gasteiger partial charge in [0.05, 0.1) is 5.52 Å². The molecule has 4 heteroatoms. The van der Waals surface area contributed by atoms with E-state index >= 15 is 0 Å². The predicted molar refractivity (Wildman–Crippen MR) is 95.8 cm³/mol. The van der Waals surface area contributed by atoms with E-state index in [1.165, 1.54) is 11.1 Å². The van der Waals surface area contributed by atoms with E-state index in [0.29, 0.717) is 5.58 Å². The molecular weight excluding hydrogens is 300 g/mol. The second-order valence-electron chi connectivity index (χ2n) is 6.28. The first-order valence-corrected chi connectivity index (χ1v) is 8.26. The summed E-state index contributed by atoms with van der Waals surface area (Å²) in [4.78, 5) is 14.2. The lowest BCUT2D eigenvalue weighted by Crippen LogP contribution is -2.28. The van der Waals surface area contributed by atoms with Gasteiger partial charge in [0.2, 0.25) is 0 Å². The molecule has 0 bridgehead atoms. The van der Waals surface area contributed by atoms with Gasteiger partial charge in [-0.3, -0.25) is 9.47 Å². The maximum absolute atomic E-state index is 11.8. The SMILES string of the molecule is Cn1c(=O)oc2c(C3=CCN(Cc4ccccc4)CC3)cccc21. The molecule has 3 aromatic rings. The zero-order valence-electron chi connectivity index (χ0n) is 13.7. The first-order chi connectivity index (χ1) is 11.7. The summed E-state index contributed by atoms with van der Waals surface area (Å²) in [6, 6.07) is 16.5. The van der Waals surface area contributed by atoms with Crippen LogP contribution in [0.3, 0.4) is 0 Å². The van der Waals surface area contributed by atoms with Crippen LogP contribution in [-0.2, 0) is 13.6 Å². The van der Waals surface area contributed by atoms with Crippen molar-refractivity contribution in [2.24, 2.45) is 7.05 Å². The molecule has 0 aliphatic carbocycles. The van der Waals surface area contributed by atoms with E-state index in [2.05, 4.69) is 35.2 Å². The van der Waals surface area contributed by atoms with Crippen LogP contribution in [0.2, 0.25) is 0 Å². The Bertz CT molecular complexity index is 951. The third-order valence-corrected chi connectivity index (χ3v) is 4.71. The van der Waals surface area contributed by atoms with E-state index in [0.717, 1.165) is 37.1 Å². The summed E-state index contributed by atoms with van der Waals surface area (Å²) >= 11 is 0. The third-order valence-electron chi connectivity index (χ3n) is 4.71. The number of aromatic nitrogens is 1. The van der Waals surface area contributed by atoms with Crippen LogP contribution in [0, 0.1) is 0 Å². The highest BCUT2D eigenvalue weighted by Gasteiger charge is 2.17. The van der Waals surface area contributed by atoms with E-state index in [1.807, 2.05) is 24.3 Å². The third kappa shape index (κ3) is 2.69. The second kappa shape index (κ2) is 6.13. The Morgan fingerprint density at radius 3 is 2.67 bits per heavy atom. The molecule has 2 aromatic carbocycles. The van der Waals surface area contributed by atoms with Crippen molar-refractivity contribution in [2.75, 3.05) is 13.1 Å². The van der Waals surface area contributed by atoms with Gasteiger partial charge in [0.15, 0.2) is 5.58 Å². The molecule has 0 unspecified atom stereocenters. The van der Waals surface area contributed by atoms with E-state index in [4.69, 9.17) is 4.42 Å². The lowest BCUT2D eigenvalue weighted by atomic mass is 9.98. The summed E-state index contributed by atoms with van der Waals surface area (Å²) in [6.07, 6.45) is 3.22. The Morgan fingerprint density at radius 1 is 1.08 bits per heavy atom. The largest absolute Gasteiger partial charge is 0.419 e. The second-order valence-corrected chi connectivity index (χ2v) is 6.28. The lowest BCUT2D eigenvalue weighted by Gasteiger charge is -2.26. The molecule has 0 atom stereocenters. The Morgan fingerprint density at radius 2 is 1.92 bits per heavy atom. The van der Waals surface area contributed by atoms with Gasteiger partial charge in [-0.2, -0.15) is 0 Å². The maximum atomic E-state index is 11.8. The van der Waals surface area contributed by atoms with Gasteiger partial charge in [-0.15, -0.1) is 0 Å². The number of hydrogen-bond donors (Lipinski definition) is 0. The highest BCUT2D eigenvalue weighted by atomic mass is 16.4. The highest BCUT2D eigenvalue weighted by molar-refractivity contribution is 5.88. The van der Waals surface area contributed by atoms with Gasteiger partial charge >= 0.3 is 5.76 Å². The Kier molecular flexibility index (Phi) is 3.82. The molecule has 0 saturated heterocycles. The zero-order chi connectivity index (χ0) is 16.5. The fraction of sp³-hybridized carbons (Fsp3) is 0.250. The van der Waals surface area contributed by atoms with Crippen LogP contribution in [0.5, 0.6) is 0 Å². The average Bonchev–Trinajstić information content (AvgIpc) is 2.91. The van der Waals surface area contributed by atoms with Crippen LogP contribution in [0.25, 0.3) is 16.7 Å². The minimum Gasteiger partial charge on any atom is -0.407 e. The topological polar surface area (TPSA) is 38.4 Å². The van der Waals surface area contributed by atoms with E-state index in [1.54, 1.807) is 11.6 Å². The van der Waals surface area contributed by atoms with E-state index in [-0.39, 0.29) is 5.76 Å². The van der Waals surface area contributed by atoms with Crippen LogP contribution in [-0.4, -0.2) is 22.6 Å². The van der Waals surface area contributed by atoms with Crippen molar-refractivity contribution in [1.82, 2.24) is 9.47 Å². The van der Waals surface area contributed by atoms with Gasteiger partial charge < -0.3 is 4.42 Å². The molecule has 122 valence electrons. The van der Waals surface area contributed by atoms with Gasteiger partial charge in [0.1, 0.15) is 0 Å². The van der Waals surface area contributed by atoms with Gasteiger partial charge in [0, 0.05) is 32.2 Å². The van der Waals surface area contributed by atoms with Crippen LogP contribution < -0.4 is 5.76 Å². The molecule has 0 N–H and O–H groups in total. The molecule has 1 aliphatic rings. The molecule has 0 fully saturated rings. The number of oxazole rings is 1. The minimum atomic E-state index is -0.306. The number of nitrogens with zero attached hydrogens (tertiary/aromatic N) is 2. The highest BCUT2D eigenvalue weighted by Crippen LogP contribution is 2.29. The molecule has 4 rings (SSSR count). The van der Waals surface area contributed by atoms with Crippen molar-refractivity contribution >= 4 is 16.7 Å². The Labute approximate surface area is 140 Å². The number of para-hydroxylation sites is 1. The molecule has 1 aliphatic heterocycles. The van der Waals surface area contributed by atoms with E-state index < -0.39 is 0 Å². The first-order valence-electron chi connectivity index (χ1n) is 8.26. The first kappa shape index (κ1) is 15.0. The molecule has 0 spiro atoms. The molecule has 2 heterocycles. The summed E-state index contributed by atoms with van der Waals surface area (Å²) < 4.78 is 7.02. The summed E-state index contributed by atoms with van der Waals surface area (Å²) in [5, 5.41) is 0. The van der Waals surface area contributed by atoms with Crippen LogP contribution in [0.4, 0.5) is 0 Å². The van der Waals surface area contributed by atoms with Crippen molar-refractivity contribution in [3.8, 4) is 0 Å². The number of fused-ring (bicyclic) bond motifs is 1. The van der Waals surface area contributed by atoms with Crippen molar-refractivity contribution in [1.29, 1.82) is 0 Å². The normalized spacial score (nSPS) is 15.6. The smallest absolute Gasteiger partial charge is 0.407 e. The van der Waals surface area contributed by atoms with Crippen LogP contribution >= 0.6 is 0 Å². The maximum Gasteiger partial charge on any atom is 0.419 e. The van der Waals surface area contributed by atoms with Gasteiger partial charge in [-0.1, -0.05) is 48.5 Å². The van der Waals surface area contributed by atoms with E-state index in [9.17, 15) is 4.79 Å². The predicted octanol–water partition coefficient (Wildman–Crippen LogP) is 3.42. The number of hydrogen-bond acceptors (Lipinski definition) is 3.